The molecule has 2 atom stereocenters. The Morgan fingerprint density at radius 2 is 1.55 bits per heavy atom. The largest absolute Gasteiger partial charge is 0.354 e. The third-order valence-electron chi connectivity index (χ3n) is 5.38. The van der Waals surface area contributed by atoms with E-state index in [4.69, 9.17) is 18.9 Å². The second-order valence-corrected chi connectivity index (χ2v) is 8.24. The van der Waals surface area contributed by atoms with E-state index in [-0.39, 0.29) is 24.4 Å². The predicted molar refractivity (Wildman–Crippen MR) is 125 cm³/mol. The molecule has 1 aromatic rings. The van der Waals surface area contributed by atoms with Crippen molar-refractivity contribution in [2.24, 2.45) is 0 Å². The Labute approximate surface area is 197 Å². The highest BCUT2D eigenvalue weighted by Crippen LogP contribution is 2.14. The monoisotopic (exact) mass is 464 g/mol. The number of hydrogen-bond acceptors (Lipinski definition) is 6. The molecule has 2 aliphatic heterocycles. The fourth-order valence-corrected chi connectivity index (χ4v) is 3.55. The summed E-state index contributed by atoms with van der Waals surface area (Å²) in [5.74, 6) is 0.0511. The van der Waals surface area contributed by atoms with Gasteiger partial charge in [0.25, 0.3) is 0 Å². The second kappa shape index (κ2) is 16.6. The molecule has 2 heterocycles. The van der Waals surface area contributed by atoms with E-state index in [1.807, 2.05) is 30.3 Å². The van der Waals surface area contributed by atoms with Gasteiger partial charge >= 0.3 is 0 Å². The molecule has 8 heteroatoms. The molecule has 3 rings (SSSR count). The summed E-state index contributed by atoms with van der Waals surface area (Å²) in [6, 6.07) is 10.0. The Kier molecular flexibility index (Phi) is 13.7. The summed E-state index contributed by atoms with van der Waals surface area (Å²) in [5.41, 5.74) is 1.14. The molecule has 0 aliphatic carbocycles. The Hall–Kier alpha value is -2.00. The number of amides is 2. The van der Waals surface area contributed by atoms with Crippen LogP contribution in [0.1, 0.15) is 57.9 Å². The second-order valence-electron chi connectivity index (χ2n) is 8.24. The molecule has 0 saturated carbocycles. The minimum atomic E-state index is -0.0886. The number of benzene rings is 1. The molecule has 186 valence electrons. The van der Waals surface area contributed by atoms with Gasteiger partial charge in [0.1, 0.15) is 0 Å². The first-order valence-corrected chi connectivity index (χ1v) is 12.0. The Bertz CT molecular complexity index is 660. The molecule has 0 radical (unpaired) electrons. The lowest BCUT2D eigenvalue weighted by Gasteiger charge is -2.25. The first kappa shape index (κ1) is 27.2. The Morgan fingerprint density at radius 1 is 0.939 bits per heavy atom. The van der Waals surface area contributed by atoms with Gasteiger partial charge in [0, 0.05) is 46.7 Å². The maximum Gasteiger partial charge on any atom is 0.219 e. The minimum Gasteiger partial charge on any atom is -0.354 e. The maximum atomic E-state index is 11.7. The topological polar surface area (TPSA) is 86.3 Å². The highest BCUT2D eigenvalue weighted by atomic mass is 16.7. The minimum absolute atomic E-state index is 0.0202. The molecular weight excluding hydrogens is 424 g/mol. The van der Waals surface area contributed by atoms with Gasteiger partial charge < -0.3 is 29.2 Å². The highest BCUT2D eigenvalue weighted by Gasteiger charge is 2.16. The zero-order chi connectivity index (χ0) is 23.7. The van der Waals surface area contributed by atoms with Crippen molar-refractivity contribution in [1.29, 1.82) is 0 Å². The molecule has 1 aromatic carbocycles. The quantitative estimate of drug-likeness (QED) is 0.535. The average molecular weight is 465 g/mol. The predicted octanol–water partition coefficient (Wildman–Crippen LogP) is 3.24. The summed E-state index contributed by atoms with van der Waals surface area (Å²) in [7, 11) is 0. The van der Waals surface area contributed by atoms with Crippen LogP contribution in [-0.4, -0.2) is 68.8 Å². The van der Waals surface area contributed by atoms with Crippen molar-refractivity contribution in [3.05, 3.63) is 35.9 Å². The average Bonchev–Trinajstić information content (AvgIpc) is 2.83. The number of hydrogen-bond donors (Lipinski definition) is 1. The third-order valence-corrected chi connectivity index (χ3v) is 5.38. The standard InChI is InChI=1S/C16H23NO3.C9H17NO3/c1-14(18)17(13-15-7-3-2-4-8-15)10-12-20-16-9-5-6-11-19-16;1-8(11)10-5-7-13-9-4-2-3-6-12-9/h2-4,7-8,16H,5-6,9-13H2,1H3;9H,2-7H2,1H3,(H,10,11). The number of nitrogens with zero attached hydrogens (tertiary/aromatic N) is 1. The number of nitrogens with one attached hydrogen (secondary N) is 1. The fraction of sp³-hybridized carbons (Fsp3) is 0.680. The molecule has 0 aromatic heterocycles. The smallest absolute Gasteiger partial charge is 0.219 e. The molecule has 2 saturated heterocycles. The van der Waals surface area contributed by atoms with Crippen LogP contribution in [0.5, 0.6) is 0 Å². The van der Waals surface area contributed by atoms with E-state index < -0.39 is 0 Å². The summed E-state index contributed by atoms with van der Waals surface area (Å²) in [6.07, 6.45) is 6.37. The number of carbonyl (C=O) groups is 2. The molecule has 8 nitrogen and oxygen atoms in total. The lowest BCUT2D eigenvalue weighted by atomic mass is 10.2. The van der Waals surface area contributed by atoms with Crippen LogP contribution in [0.3, 0.4) is 0 Å². The van der Waals surface area contributed by atoms with Crippen molar-refractivity contribution in [1.82, 2.24) is 10.2 Å². The van der Waals surface area contributed by atoms with Gasteiger partial charge in [0.2, 0.25) is 11.8 Å². The van der Waals surface area contributed by atoms with Gasteiger partial charge in [0.05, 0.1) is 13.2 Å². The van der Waals surface area contributed by atoms with Crippen LogP contribution in [0.25, 0.3) is 0 Å². The fourth-order valence-electron chi connectivity index (χ4n) is 3.55. The van der Waals surface area contributed by atoms with Gasteiger partial charge in [-0.1, -0.05) is 30.3 Å². The zero-order valence-corrected chi connectivity index (χ0v) is 20.1. The maximum absolute atomic E-state index is 11.7. The third kappa shape index (κ3) is 12.7. The van der Waals surface area contributed by atoms with E-state index in [0.717, 1.165) is 50.9 Å². The molecule has 1 N–H and O–H groups in total. The van der Waals surface area contributed by atoms with Gasteiger partial charge in [-0.3, -0.25) is 9.59 Å². The van der Waals surface area contributed by atoms with Crippen molar-refractivity contribution >= 4 is 11.8 Å². The molecule has 33 heavy (non-hydrogen) atoms. The molecule has 0 bridgehead atoms. The van der Waals surface area contributed by atoms with E-state index in [1.54, 1.807) is 11.8 Å². The van der Waals surface area contributed by atoms with Crippen molar-refractivity contribution in [2.45, 2.75) is 71.5 Å². The summed E-state index contributed by atoms with van der Waals surface area (Å²) in [6.45, 7) is 7.53. The lowest BCUT2D eigenvalue weighted by molar-refractivity contribution is -0.166. The number of carbonyl (C=O) groups excluding carboxylic acids is 2. The lowest BCUT2D eigenvalue weighted by Crippen LogP contribution is -2.33. The van der Waals surface area contributed by atoms with Crippen LogP contribution >= 0.6 is 0 Å². The van der Waals surface area contributed by atoms with E-state index in [9.17, 15) is 9.59 Å². The van der Waals surface area contributed by atoms with Crippen molar-refractivity contribution in [3.63, 3.8) is 0 Å². The summed E-state index contributed by atoms with van der Waals surface area (Å²) in [5, 5.41) is 2.67. The summed E-state index contributed by atoms with van der Waals surface area (Å²) >= 11 is 0. The van der Waals surface area contributed by atoms with Crippen LogP contribution < -0.4 is 5.32 Å². The van der Waals surface area contributed by atoms with Crippen molar-refractivity contribution in [2.75, 3.05) is 39.5 Å². The van der Waals surface area contributed by atoms with Gasteiger partial charge in [-0.2, -0.15) is 0 Å². The molecule has 2 amide bonds. The van der Waals surface area contributed by atoms with Crippen molar-refractivity contribution < 1.29 is 28.5 Å². The van der Waals surface area contributed by atoms with Crippen LogP contribution in [0.4, 0.5) is 0 Å². The van der Waals surface area contributed by atoms with Crippen molar-refractivity contribution in [3.8, 4) is 0 Å². The van der Waals surface area contributed by atoms with E-state index in [0.29, 0.717) is 32.8 Å². The number of rotatable bonds is 10. The molecular formula is C25H40N2O6. The van der Waals surface area contributed by atoms with E-state index >= 15 is 0 Å². The molecule has 0 spiro atoms. The number of ether oxygens (including phenoxy) is 4. The first-order valence-electron chi connectivity index (χ1n) is 12.0. The van der Waals surface area contributed by atoms with Crippen LogP contribution in [0.2, 0.25) is 0 Å². The Balaban J connectivity index is 0.000000257. The zero-order valence-electron chi connectivity index (χ0n) is 20.1. The first-order chi connectivity index (χ1) is 16.0. The highest BCUT2D eigenvalue weighted by molar-refractivity contribution is 5.73. The van der Waals surface area contributed by atoms with Gasteiger partial charge in [-0.25, -0.2) is 0 Å². The summed E-state index contributed by atoms with van der Waals surface area (Å²) in [4.78, 5) is 24.0. The molecule has 2 fully saturated rings. The summed E-state index contributed by atoms with van der Waals surface area (Å²) < 4.78 is 21.9. The van der Waals surface area contributed by atoms with E-state index in [2.05, 4.69) is 5.32 Å². The molecule has 2 unspecified atom stereocenters. The molecule has 2 aliphatic rings. The van der Waals surface area contributed by atoms with E-state index in [1.165, 1.54) is 13.3 Å². The van der Waals surface area contributed by atoms with Gasteiger partial charge in [-0.15, -0.1) is 0 Å². The van der Waals surface area contributed by atoms with Crippen LogP contribution in [0, 0.1) is 0 Å². The van der Waals surface area contributed by atoms with Gasteiger partial charge in [-0.05, 0) is 44.1 Å². The SMILES string of the molecule is CC(=O)N(CCOC1CCCCO1)Cc1ccccc1.CC(=O)NCCOC1CCCCO1. The van der Waals surface area contributed by atoms with Crippen LogP contribution in [-0.2, 0) is 35.1 Å². The normalized spacial score (nSPS) is 20.3. The van der Waals surface area contributed by atoms with Crippen LogP contribution in [0.15, 0.2) is 30.3 Å². The Morgan fingerprint density at radius 3 is 2.06 bits per heavy atom. The van der Waals surface area contributed by atoms with Gasteiger partial charge in [0.15, 0.2) is 12.6 Å².